The molecule has 0 fully saturated rings. The Hall–Kier alpha value is -1.62. The topological polar surface area (TPSA) is 93.2 Å². The molecule has 82 valence electrons. The summed E-state index contributed by atoms with van der Waals surface area (Å²) in [5.74, 6) is -2.88. The van der Waals surface area contributed by atoms with Crippen LogP contribution in [0.2, 0.25) is 0 Å². The van der Waals surface area contributed by atoms with Crippen molar-refractivity contribution in [1.82, 2.24) is 4.98 Å². The van der Waals surface area contributed by atoms with E-state index in [2.05, 4.69) is 4.98 Å². The highest BCUT2D eigenvalue weighted by Crippen LogP contribution is 2.14. The molecule has 0 amide bonds. The van der Waals surface area contributed by atoms with Gasteiger partial charge < -0.3 is 19.8 Å². The van der Waals surface area contributed by atoms with Gasteiger partial charge in [-0.3, -0.25) is 4.98 Å². The van der Waals surface area contributed by atoms with Gasteiger partial charge in [0, 0.05) is 23.0 Å². The number of carbonyl (C=O) groups excluding carboxylic acids is 2. The Morgan fingerprint density at radius 3 is 2.13 bits per heavy atom. The Morgan fingerprint density at radius 1 is 1.20 bits per heavy atom. The highest BCUT2D eigenvalue weighted by atomic mass is 35.5. The molecule has 0 saturated carbocycles. The molecule has 0 atom stereocenters. The molecule has 1 aromatic rings. The second kappa shape index (κ2) is 4.75. The fourth-order valence-electron chi connectivity index (χ4n) is 1.24. The van der Waals surface area contributed by atoms with Crippen molar-refractivity contribution >= 4 is 24.3 Å². The number of carboxylic acid groups (broad SMARTS) is 2. The lowest BCUT2D eigenvalue weighted by Crippen LogP contribution is -2.29. The summed E-state index contributed by atoms with van der Waals surface area (Å²) >= 11 is 0. The van der Waals surface area contributed by atoms with E-state index in [-0.39, 0.29) is 34.8 Å². The Bertz CT molecular complexity index is 417. The van der Waals surface area contributed by atoms with Crippen LogP contribution in [-0.4, -0.2) is 16.9 Å². The zero-order valence-corrected chi connectivity index (χ0v) is 8.88. The Morgan fingerprint density at radius 2 is 1.73 bits per heavy atom. The largest absolute Gasteiger partial charge is 0.545 e. The van der Waals surface area contributed by atoms with Crippen LogP contribution in [0.5, 0.6) is 0 Å². The van der Waals surface area contributed by atoms with Gasteiger partial charge in [-0.2, -0.15) is 0 Å². The summed E-state index contributed by atoms with van der Waals surface area (Å²) in [4.78, 5) is 24.8. The van der Waals surface area contributed by atoms with Gasteiger partial charge in [0.25, 0.3) is 0 Å². The summed E-state index contributed by atoms with van der Waals surface area (Å²) in [6.07, 6.45) is 1.08. The highest BCUT2D eigenvalue weighted by molar-refractivity contribution is 5.95. The molecule has 1 heterocycles. The predicted octanol–water partition coefficient (Wildman–Crippen LogP) is -1.15. The van der Waals surface area contributed by atoms with Gasteiger partial charge in [-0.05, 0) is 19.4 Å². The maximum absolute atomic E-state index is 10.7. The van der Waals surface area contributed by atoms with Gasteiger partial charge in [0.2, 0.25) is 0 Å². The van der Waals surface area contributed by atoms with E-state index in [1.165, 1.54) is 13.8 Å². The van der Waals surface area contributed by atoms with Gasteiger partial charge in [-0.15, -0.1) is 12.4 Å². The third-order valence-corrected chi connectivity index (χ3v) is 1.95. The van der Waals surface area contributed by atoms with Crippen LogP contribution in [0.3, 0.4) is 0 Å². The first-order valence-electron chi connectivity index (χ1n) is 3.84. The molecule has 0 spiro atoms. The van der Waals surface area contributed by atoms with Gasteiger partial charge in [0.1, 0.15) is 0 Å². The quantitative estimate of drug-likeness (QED) is 0.638. The van der Waals surface area contributed by atoms with Crippen molar-refractivity contribution in [2.24, 2.45) is 0 Å². The van der Waals surface area contributed by atoms with Gasteiger partial charge >= 0.3 is 0 Å². The van der Waals surface area contributed by atoms with E-state index >= 15 is 0 Å². The first-order valence-corrected chi connectivity index (χ1v) is 3.84. The lowest BCUT2D eigenvalue weighted by molar-refractivity contribution is -0.255. The minimum absolute atomic E-state index is 0. The third kappa shape index (κ3) is 2.44. The molecule has 0 N–H and O–H groups in total. The molecule has 15 heavy (non-hydrogen) atoms. The number of rotatable bonds is 2. The maximum Gasteiger partial charge on any atom is 0.0736 e. The number of hydrogen-bond donors (Lipinski definition) is 0. The molecular formula is C9H8ClNO4-2. The number of aromatic carboxylic acids is 2. The Labute approximate surface area is 92.2 Å². The maximum atomic E-state index is 10.7. The number of carbonyl (C=O) groups is 2. The third-order valence-electron chi connectivity index (χ3n) is 1.95. The van der Waals surface area contributed by atoms with Gasteiger partial charge in [0.05, 0.1) is 11.9 Å². The predicted molar refractivity (Wildman–Crippen MR) is 49.6 cm³/mol. The molecular weight excluding hydrogens is 222 g/mol. The van der Waals surface area contributed by atoms with E-state index in [0.717, 1.165) is 6.20 Å². The number of aryl methyl sites for hydroxylation is 1. The number of pyridine rings is 1. The zero-order chi connectivity index (χ0) is 10.9. The molecule has 0 aliphatic carbocycles. The van der Waals surface area contributed by atoms with Crippen molar-refractivity contribution in [3.05, 3.63) is 28.6 Å². The first-order chi connectivity index (χ1) is 6.45. The molecule has 1 aromatic heterocycles. The normalized spacial score (nSPS) is 9.20. The lowest BCUT2D eigenvalue weighted by Gasteiger charge is -2.14. The van der Waals surface area contributed by atoms with E-state index in [4.69, 9.17) is 0 Å². The molecule has 0 saturated heterocycles. The van der Waals surface area contributed by atoms with Crippen LogP contribution in [0.1, 0.15) is 32.0 Å². The summed E-state index contributed by atoms with van der Waals surface area (Å²) in [6.45, 7) is 2.85. The van der Waals surface area contributed by atoms with Crippen molar-refractivity contribution in [2.75, 3.05) is 0 Å². The van der Waals surface area contributed by atoms with E-state index < -0.39 is 11.9 Å². The number of nitrogens with zero attached hydrogens (tertiary/aromatic N) is 1. The minimum atomic E-state index is -1.45. The summed E-state index contributed by atoms with van der Waals surface area (Å²) in [5, 5.41) is 21.2. The van der Waals surface area contributed by atoms with E-state index in [9.17, 15) is 19.8 Å². The monoisotopic (exact) mass is 229 g/mol. The molecule has 0 unspecified atom stereocenters. The van der Waals surface area contributed by atoms with Crippen molar-refractivity contribution in [1.29, 1.82) is 0 Å². The van der Waals surface area contributed by atoms with E-state index in [1.54, 1.807) is 0 Å². The standard InChI is InChI=1S/C9H9NO4.ClH/c1-4-6(8(11)12)3-10-5(2)7(4)9(13)14;/h3H,1-2H3,(H,11,12)(H,13,14);1H/p-2. The average molecular weight is 230 g/mol. The SMILES string of the molecule is Cc1ncc(C(=O)[O-])c(C)c1C(=O)[O-].Cl. The zero-order valence-electron chi connectivity index (χ0n) is 8.07. The van der Waals surface area contributed by atoms with Crippen molar-refractivity contribution in [3.8, 4) is 0 Å². The van der Waals surface area contributed by atoms with Gasteiger partial charge in [-0.25, -0.2) is 0 Å². The fraction of sp³-hybridized carbons (Fsp3) is 0.222. The number of hydrogen-bond acceptors (Lipinski definition) is 5. The second-order valence-electron chi connectivity index (χ2n) is 2.83. The molecule has 5 nitrogen and oxygen atoms in total. The Balaban J connectivity index is 0.00000196. The number of aromatic nitrogens is 1. The lowest BCUT2D eigenvalue weighted by atomic mass is 10.0. The van der Waals surface area contributed by atoms with Crippen molar-refractivity contribution < 1.29 is 19.8 Å². The van der Waals surface area contributed by atoms with Crippen LogP contribution in [0.25, 0.3) is 0 Å². The van der Waals surface area contributed by atoms with E-state index in [0.29, 0.717) is 0 Å². The minimum Gasteiger partial charge on any atom is -0.545 e. The van der Waals surface area contributed by atoms with Crippen LogP contribution in [0, 0.1) is 13.8 Å². The highest BCUT2D eigenvalue weighted by Gasteiger charge is 2.09. The smallest absolute Gasteiger partial charge is 0.0736 e. The molecule has 0 radical (unpaired) electrons. The molecule has 0 aromatic carbocycles. The van der Waals surface area contributed by atoms with Crippen molar-refractivity contribution in [3.63, 3.8) is 0 Å². The fourth-order valence-corrected chi connectivity index (χ4v) is 1.24. The summed E-state index contributed by atoms with van der Waals surface area (Å²) in [6, 6.07) is 0. The molecule has 6 heteroatoms. The number of carboxylic acids is 2. The van der Waals surface area contributed by atoms with Crippen molar-refractivity contribution in [2.45, 2.75) is 13.8 Å². The molecule has 0 bridgehead atoms. The summed E-state index contributed by atoms with van der Waals surface area (Å²) < 4.78 is 0. The summed E-state index contributed by atoms with van der Waals surface area (Å²) in [5.41, 5.74) is -0.0773. The summed E-state index contributed by atoms with van der Waals surface area (Å²) in [7, 11) is 0. The number of halogens is 1. The second-order valence-corrected chi connectivity index (χ2v) is 2.83. The van der Waals surface area contributed by atoms with E-state index in [1.807, 2.05) is 0 Å². The van der Waals surface area contributed by atoms with Crippen LogP contribution >= 0.6 is 12.4 Å². The molecule has 0 aliphatic heterocycles. The van der Waals surface area contributed by atoms with Gasteiger partial charge in [-0.1, -0.05) is 0 Å². The van der Waals surface area contributed by atoms with Crippen LogP contribution < -0.4 is 10.2 Å². The molecule has 0 aliphatic rings. The molecule has 1 rings (SSSR count). The Kier molecular flexibility index (Phi) is 4.23. The van der Waals surface area contributed by atoms with Crippen LogP contribution in [0.15, 0.2) is 6.20 Å². The van der Waals surface area contributed by atoms with Crippen LogP contribution in [-0.2, 0) is 0 Å². The van der Waals surface area contributed by atoms with Gasteiger partial charge in [0.15, 0.2) is 0 Å². The average Bonchev–Trinajstić information content (AvgIpc) is 2.02. The first kappa shape index (κ1) is 13.4. The van der Waals surface area contributed by atoms with Crippen LogP contribution in [0.4, 0.5) is 0 Å².